The number of carboxylic acid groups (broad SMARTS) is 1. The largest absolute Gasteiger partial charge is 0.480 e. The van der Waals surface area contributed by atoms with Gasteiger partial charge in [0.15, 0.2) is 0 Å². The highest BCUT2D eigenvalue weighted by atomic mass is 16.4. The van der Waals surface area contributed by atoms with Gasteiger partial charge in [0.1, 0.15) is 5.54 Å². The molecule has 0 unspecified atom stereocenters. The van der Waals surface area contributed by atoms with Crippen molar-refractivity contribution < 1.29 is 19.9 Å². The van der Waals surface area contributed by atoms with E-state index in [1.165, 1.54) is 0 Å². The number of nitrogens with zero attached hydrogens (tertiary/aromatic N) is 2. The molecule has 1 saturated heterocycles. The van der Waals surface area contributed by atoms with Crippen molar-refractivity contribution in [2.45, 2.75) is 38.2 Å². The van der Waals surface area contributed by atoms with Crippen LogP contribution in [0.3, 0.4) is 0 Å². The van der Waals surface area contributed by atoms with E-state index in [9.17, 15) is 9.90 Å². The first-order valence-corrected chi connectivity index (χ1v) is 7.42. The number of nitrogens with one attached hydrogen (secondary N) is 1. The number of aryl methyl sites for hydroxylation is 1. The lowest BCUT2D eigenvalue weighted by Gasteiger charge is -2.25. The third-order valence-electron chi connectivity index (χ3n) is 4.43. The molecule has 0 saturated carbocycles. The number of likely N-dealkylation sites (tertiary alicyclic amines) is 1. The number of rotatable bonds is 7. The van der Waals surface area contributed by atoms with Crippen LogP contribution >= 0.6 is 0 Å². The number of aromatic nitrogens is 2. The van der Waals surface area contributed by atoms with Gasteiger partial charge in [0.25, 0.3) is 0 Å². The third kappa shape index (κ3) is 3.67. The van der Waals surface area contributed by atoms with Gasteiger partial charge in [-0.2, -0.15) is 5.10 Å². The Kier molecular flexibility index (Phi) is 5.22. The highest BCUT2D eigenvalue weighted by Gasteiger charge is 2.49. The lowest BCUT2D eigenvalue weighted by atomic mass is 9.78. The van der Waals surface area contributed by atoms with Gasteiger partial charge in [-0.3, -0.25) is 14.8 Å². The molecular weight excluding hydrogens is 287 g/mol. The summed E-state index contributed by atoms with van der Waals surface area (Å²) in [5.41, 5.74) is 6.83. The molecule has 22 heavy (non-hydrogen) atoms. The van der Waals surface area contributed by atoms with Gasteiger partial charge < -0.3 is 20.9 Å². The van der Waals surface area contributed by atoms with Crippen LogP contribution in [-0.4, -0.2) is 62.0 Å². The Morgan fingerprint density at radius 3 is 2.91 bits per heavy atom. The average molecular weight is 310 g/mol. The summed E-state index contributed by atoms with van der Waals surface area (Å²) < 4.78 is 0. The Morgan fingerprint density at radius 2 is 2.36 bits per heavy atom. The van der Waals surface area contributed by atoms with Crippen molar-refractivity contribution in [3.05, 3.63) is 17.5 Å². The molecule has 1 fully saturated rings. The van der Waals surface area contributed by atoms with Crippen LogP contribution in [0.2, 0.25) is 6.32 Å². The first-order chi connectivity index (χ1) is 10.3. The Balaban J connectivity index is 2.01. The fourth-order valence-electron chi connectivity index (χ4n) is 3.07. The highest BCUT2D eigenvalue weighted by molar-refractivity contribution is 6.40. The molecule has 122 valence electrons. The maximum absolute atomic E-state index is 11.6. The van der Waals surface area contributed by atoms with Gasteiger partial charge in [0.05, 0.1) is 6.20 Å². The summed E-state index contributed by atoms with van der Waals surface area (Å²) in [5.74, 6) is -1.22. The first-order valence-electron chi connectivity index (χ1n) is 7.42. The lowest BCUT2D eigenvalue weighted by Crippen LogP contribution is -2.54. The Bertz CT molecular complexity index is 524. The number of aliphatic carboxylic acids is 1. The summed E-state index contributed by atoms with van der Waals surface area (Å²) in [6.07, 6.45) is 3.06. The molecule has 1 aliphatic rings. The fraction of sp³-hybridized carbons (Fsp3) is 0.692. The second-order valence-corrected chi connectivity index (χ2v) is 6.14. The average Bonchev–Trinajstić information content (AvgIpc) is 2.95. The minimum atomic E-state index is -1.36. The molecule has 0 aromatic carbocycles. The second kappa shape index (κ2) is 6.78. The molecule has 1 aromatic heterocycles. The molecule has 0 aliphatic carbocycles. The topological polar surface area (TPSA) is 136 Å². The van der Waals surface area contributed by atoms with Gasteiger partial charge in [-0.25, -0.2) is 0 Å². The third-order valence-corrected chi connectivity index (χ3v) is 4.43. The SMILES string of the molecule is Cc1[nH]ncc1CN1C[C@H](CCCB(O)O)[C@](N)(C(=O)O)C1. The van der Waals surface area contributed by atoms with Crippen molar-refractivity contribution in [3.63, 3.8) is 0 Å². The van der Waals surface area contributed by atoms with E-state index in [-0.39, 0.29) is 18.8 Å². The summed E-state index contributed by atoms with van der Waals surface area (Å²) in [6, 6.07) is 0. The maximum Gasteiger partial charge on any atom is 0.451 e. The molecule has 0 spiro atoms. The predicted octanol–water partition coefficient (Wildman–Crippen LogP) is -0.815. The molecule has 1 aromatic rings. The maximum atomic E-state index is 11.6. The predicted molar refractivity (Wildman–Crippen MR) is 80.9 cm³/mol. The molecule has 2 rings (SSSR count). The van der Waals surface area contributed by atoms with E-state index in [2.05, 4.69) is 10.2 Å². The molecular formula is C13H23BN4O4. The number of carbonyl (C=O) groups is 1. The van der Waals surface area contributed by atoms with Crippen LogP contribution in [0.15, 0.2) is 6.20 Å². The molecule has 9 heteroatoms. The fourth-order valence-corrected chi connectivity index (χ4v) is 3.07. The van der Waals surface area contributed by atoms with E-state index in [0.29, 0.717) is 25.9 Å². The normalized spacial score (nSPS) is 25.5. The van der Waals surface area contributed by atoms with Crippen molar-refractivity contribution >= 4 is 13.1 Å². The zero-order chi connectivity index (χ0) is 16.3. The number of aromatic amines is 1. The van der Waals surface area contributed by atoms with E-state index < -0.39 is 18.6 Å². The summed E-state index contributed by atoms with van der Waals surface area (Å²) in [6.45, 7) is 3.38. The summed E-state index contributed by atoms with van der Waals surface area (Å²) >= 11 is 0. The summed E-state index contributed by atoms with van der Waals surface area (Å²) in [5, 5.41) is 34.1. The van der Waals surface area contributed by atoms with Crippen LogP contribution in [-0.2, 0) is 11.3 Å². The molecule has 6 N–H and O–H groups in total. The van der Waals surface area contributed by atoms with Gasteiger partial charge in [-0.15, -0.1) is 0 Å². The van der Waals surface area contributed by atoms with Crippen molar-refractivity contribution in [1.29, 1.82) is 0 Å². The molecule has 1 aliphatic heterocycles. The summed E-state index contributed by atoms with van der Waals surface area (Å²) in [4.78, 5) is 13.6. The molecule has 2 atom stereocenters. The van der Waals surface area contributed by atoms with Gasteiger partial charge in [0.2, 0.25) is 0 Å². The van der Waals surface area contributed by atoms with Crippen molar-refractivity contribution in [3.8, 4) is 0 Å². The van der Waals surface area contributed by atoms with Gasteiger partial charge in [0, 0.05) is 36.8 Å². The van der Waals surface area contributed by atoms with E-state index in [4.69, 9.17) is 15.8 Å². The van der Waals surface area contributed by atoms with Gasteiger partial charge >= 0.3 is 13.1 Å². The van der Waals surface area contributed by atoms with Crippen LogP contribution in [0.4, 0.5) is 0 Å². The van der Waals surface area contributed by atoms with Gasteiger partial charge in [-0.1, -0.05) is 6.42 Å². The van der Waals surface area contributed by atoms with Crippen molar-refractivity contribution in [1.82, 2.24) is 15.1 Å². The highest BCUT2D eigenvalue weighted by Crippen LogP contribution is 2.31. The van der Waals surface area contributed by atoms with Crippen LogP contribution in [0.1, 0.15) is 24.1 Å². The van der Waals surface area contributed by atoms with E-state index >= 15 is 0 Å². The number of carboxylic acids is 1. The van der Waals surface area contributed by atoms with E-state index in [1.807, 2.05) is 11.8 Å². The Morgan fingerprint density at radius 1 is 1.64 bits per heavy atom. The molecule has 0 radical (unpaired) electrons. The standard InChI is InChI=1S/C13H23BN4O4/c1-9-10(5-16-17-9)6-18-7-11(3-2-4-14(21)22)13(15,8-18)12(19)20/h5,11,21-22H,2-4,6-8,15H2,1H3,(H,16,17)(H,19,20)/t11-,13-/m0/s1. The van der Waals surface area contributed by atoms with Crippen molar-refractivity contribution in [2.24, 2.45) is 11.7 Å². The monoisotopic (exact) mass is 310 g/mol. The lowest BCUT2D eigenvalue weighted by molar-refractivity contribution is -0.144. The smallest absolute Gasteiger partial charge is 0.451 e. The quantitative estimate of drug-likeness (QED) is 0.415. The van der Waals surface area contributed by atoms with Crippen LogP contribution in [0.25, 0.3) is 0 Å². The minimum Gasteiger partial charge on any atom is -0.480 e. The zero-order valence-corrected chi connectivity index (χ0v) is 12.7. The molecule has 0 amide bonds. The number of H-pyrrole nitrogens is 1. The zero-order valence-electron chi connectivity index (χ0n) is 12.7. The van der Waals surface area contributed by atoms with Crippen LogP contribution in [0, 0.1) is 12.8 Å². The first kappa shape index (κ1) is 16.9. The Labute approximate surface area is 129 Å². The molecule has 2 heterocycles. The minimum absolute atomic E-state index is 0.212. The van der Waals surface area contributed by atoms with E-state index in [0.717, 1.165) is 11.3 Å². The molecule has 0 bridgehead atoms. The Hall–Kier alpha value is -1.42. The number of nitrogens with two attached hydrogens (primary N) is 1. The van der Waals surface area contributed by atoms with Crippen LogP contribution in [0.5, 0.6) is 0 Å². The van der Waals surface area contributed by atoms with Gasteiger partial charge in [-0.05, 0) is 19.7 Å². The second-order valence-electron chi connectivity index (χ2n) is 6.14. The van der Waals surface area contributed by atoms with E-state index in [1.54, 1.807) is 6.20 Å². The number of hydrogen-bond acceptors (Lipinski definition) is 6. The summed E-state index contributed by atoms with van der Waals surface area (Å²) in [7, 11) is -1.36. The van der Waals surface area contributed by atoms with Crippen LogP contribution < -0.4 is 5.73 Å². The van der Waals surface area contributed by atoms with Crippen molar-refractivity contribution in [2.75, 3.05) is 13.1 Å². The number of hydrogen-bond donors (Lipinski definition) is 5. The molecule has 8 nitrogen and oxygen atoms in total.